The van der Waals surface area contributed by atoms with E-state index in [1.54, 1.807) is 13.0 Å². The van der Waals surface area contributed by atoms with Gasteiger partial charge >= 0.3 is 13.5 Å². The molecule has 0 heterocycles. The largest absolute Gasteiger partial charge is 0.466 e. The van der Waals surface area contributed by atoms with Crippen molar-refractivity contribution in [1.29, 1.82) is 0 Å². The van der Waals surface area contributed by atoms with Gasteiger partial charge in [0.15, 0.2) is 0 Å². The van der Waals surface area contributed by atoms with Gasteiger partial charge in [-0.15, -0.1) is 6.58 Å². The van der Waals surface area contributed by atoms with Crippen LogP contribution in [0.5, 0.6) is 0 Å². The first-order valence-electron chi connectivity index (χ1n) is 4.67. The molecule has 4 nitrogen and oxygen atoms in total. The fourth-order valence-electron chi connectivity index (χ4n) is 1.48. The van der Waals surface area contributed by atoms with Crippen LogP contribution < -0.4 is 5.73 Å². The van der Waals surface area contributed by atoms with Crippen molar-refractivity contribution < 1.29 is 14.2 Å². The Kier molecular flexibility index (Phi) is 3.72. The molecule has 1 aliphatic carbocycles. The highest BCUT2D eigenvalue weighted by atomic mass is 16.5. The molecule has 1 aliphatic rings. The van der Waals surface area contributed by atoms with E-state index < -0.39 is 5.31 Å². The number of nitrogens with two attached hydrogens (primary N) is 1. The van der Waals surface area contributed by atoms with E-state index in [-0.39, 0.29) is 18.6 Å². The van der Waals surface area contributed by atoms with Gasteiger partial charge in [0.2, 0.25) is 0 Å². The van der Waals surface area contributed by atoms with Gasteiger partial charge in [0, 0.05) is 0 Å². The predicted octanol–water partition coefficient (Wildman–Crippen LogP) is 0.466. The quantitative estimate of drug-likeness (QED) is 0.290. The van der Waals surface area contributed by atoms with Crippen molar-refractivity contribution in [2.75, 3.05) is 13.3 Å². The first-order chi connectivity index (χ1) is 6.71. The van der Waals surface area contributed by atoms with E-state index in [0.29, 0.717) is 13.0 Å². The predicted molar refractivity (Wildman–Crippen MR) is 53.5 cm³/mol. The summed E-state index contributed by atoms with van der Waals surface area (Å²) in [5.41, 5.74) is 5.19. The van der Waals surface area contributed by atoms with Crippen molar-refractivity contribution in [2.24, 2.45) is 11.7 Å². The molecule has 0 saturated heterocycles. The fraction of sp³-hybridized carbons (Fsp3) is 0.667. The molecule has 1 saturated carbocycles. The lowest BCUT2D eigenvalue weighted by atomic mass is 9.74. The molecule has 0 aromatic carbocycles. The van der Waals surface area contributed by atoms with Gasteiger partial charge in [0.1, 0.15) is 0 Å². The SMILES string of the molecule is C=CC1C[C@]1([B]OCN)C(=O)OCC. The Morgan fingerprint density at radius 3 is 3.00 bits per heavy atom. The molecule has 0 bridgehead atoms. The van der Waals surface area contributed by atoms with Crippen LogP contribution in [0.4, 0.5) is 0 Å². The Hall–Kier alpha value is -0.805. The highest BCUT2D eigenvalue weighted by Gasteiger charge is 2.60. The Bertz CT molecular complexity index is 234. The zero-order valence-electron chi connectivity index (χ0n) is 8.36. The van der Waals surface area contributed by atoms with Gasteiger partial charge in [0.05, 0.1) is 18.7 Å². The molecular formula is C9H15BNO3. The summed E-state index contributed by atoms with van der Waals surface area (Å²) in [5, 5.41) is -0.628. The molecule has 1 radical (unpaired) electrons. The zero-order valence-corrected chi connectivity index (χ0v) is 8.36. The van der Waals surface area contributed by atoms with Gasteiger partial charge in [-0.3, -0.25) is 4.79 Å². The minimum Gasteiger partial charge on any atom is -0.466 e. The second kappa shape index (κ2) is 4.62. The lowest BCUT2D eigenvalue weighted by Gasteiger charge is -2.12. The summed E-state index contributed by atoms with van der Waals surface area (Å²) in [7, 11) is 1.48. The van der Waals surface area contributed by atoms with E-state index in [0.717, 1.165) is 0 Å². The van der Waals surface area contributed by atoms with Gasteiger partial charge in [-0.25, -0.2) is 0 Å². The third-order valence-corrected chi connectivity index (χ3v) is 2.39. The normalized spacial score (nSPS) is 29.4. The van der Waals surface area contributed by atoms with E-state index in [9.17, 15) is 4.79 Å². The van der Waals surface area contributed by atoms with Crippen LogP contribution in [0.1, 0.15) is 13.3 Å². The number of carbonyl (C=O) groups is 1. The van der Waals surface area contributed by atoms with Crippen molar-refractivity contribution in [1.82, 2.24) is 0 Å². The minimum atomic E-state index is -0.628. The zero-order chi connectivity index (χ0) is 10.6. The Balaban J connectivity index is 2.55. The van der Waals surface area contributed by atoms with Crippen LogP contribution >= 0.6 is 0 Å². The summed E-state index contributed by atoms with van der Waals surface area (Å²) in [6.07, 6.45) is 2.45. The molecule has 0 aromatic heterocycles. The van der Waals surface area contributed by atoms with Gasteiger partial charge < -0.3 is 15.1 Å². The summed E-state index contributed by atoms with van der Waals surface area (Å²) in [6.45, 7) is 5.88. The van der Waals surface area contributed by atoms with Crippen LogP contribution in [0.2, 0.25) is 5.31 Å². The Morgan fingerprint density at radius 1 is 1.86 bits per heavy atom. The summed E-state index contributed by atoms with van der Waals surface area (Å²) in [5.74, 6) is -0.133. The highest BCUT2D eigenvalue weighted by Crippen LogP contribution is 2.60. The molecule has 14 heavy (non-hydrogen) atoms. The Labute approximate surface area is 84.7 Å². The first-order valence-corrected chi connectivity index (χ1v) is 4.67. The molecule has 0 aliphatic heterocycles. The number of esters is 1. The highest BCUT2D eigenvalue weighted by molar-refractivity contribution is 6.42. The van der Waals surface area contributed by atoms with E-state index in [1.807, 2.05) is 0 Å². The van der Waals surface area contributed by atoms with Gasteiger partial charge in [-0.05, 0) is 19.3 Å². The lowest BCUT2D eigenvalue weighted by molar-refractivity contribution is -0.144. The second-order valence-corrected chi connectivity index (χ2v) is 3.26. The van der Waals surface area contributed by atoms with Crippen LogP contribution in [0, 0.1) is 5.92 Å². The van der Waals surface area contributed by atoms with E-state index in [4.69, 9.17) is 15.1 Å². The smallest absolute Gasteiger partial charge is 0.313 e. The fourth-order valence-corrected chi connectivity index (χ4v) is 1.48. The number of ether oxygens (including phenoxy) is 1. The van der Waals surface area contributed by atoms with Crippen LogP contribution in [0.15, 0.2) is 12.7 Å². The van der Waals surface area contributed by atoms with Crippen molar-refractivity contribution in [2.45, 2.75) is 18.7 Å². The van der Waals surface area contributed by atoms with Crippen LogP contribution in [0.3, 0.4) is 0 Å². The molecule has 0 amide bonds. The Morgan fingerprint density at radius 2 is 2.57 bits per heavy atom. The van der Waals surface area contributed by atoms with Crippen molar-refractivity contribution in [3.63, 3.8) is 0 Å². The molecular weight excluding hydrogens is 181 g/mol. The van der Waals surface area contributed by atoms with Crippen molar-refractivity contribution in [3.05, 3.63) is 12.7 Å². The maximum atomic E-state index is 11.6. The average Bonchev–Trinajstić information content (AvgIpc) is 2.90. The van der Waals surface area contributed by atoms with E-state index >= 15 is 0 Å². The van der Waals surface area contributed by atoms with Gasteiger partial charge in [-0.1, -0.05) is 6.08 Å². The minimum absolute atomic E-state index is 0.0744. The maximum absolute atomic E-state index is 11.6. The van der Waals surface area contributed by atoms with E-state index in [2.05, 4.69) is 6.58 Å². The summed E-state index contributed by atoms with van der Waals surface area (Å²) >= 11 is 0. The van der Waals surface area contributed by atoms with Crippen molar-refractivity contribution in [3.8, 4) is 0 Å². The molecule has 1 unspecified atom stereocenters. The number of rotatable bonds is 6. The molecule has 0 spiro atoms. The number of hydrogen-bond donors (Lipinski definition) is 1. The van der Waals surface area contributed by atoms with E-state index in [1.165, 1.54) is 7.48 Å². The topological polar surface area (TPSA) is 61.5 Å². The number of allylic oxidation sites excluding steroid dienone is 1. The third-order valence-electron chi connectivity index (χ3n) is 2.39. The molecule has 1 rings (SSSR count). The number of hydrogen-bond acceptors (Lipinski definition) is 4. The summed E-state index contributed by atoms with van der Waals surface area (Å²) < 4.78 is 9.92. The van der Waals surface area contributed by atoms with Gasteiger partial charge in [-0.2, -0.15) is 0 Å². The average molecular weight is 196 g/mol. The van der Waals surface area contributed by atoms with Crippen molar-refractivity contribution >= 4 is 13.5 Å². The molecule has 1 fully saturated rings. The molecule has 2 N–H and O–H groups in total. The first kappa shape index (κ1) is 11.3. The summed E-state index contributed by atoms with van der Waals surface area (Å²) in [6, 6.07) is 0. The van der Waals surface area contributed by atoms with Gasteiger partial charge in [0.25, 0.3) is 0 Å². The number of carbonyl (C=O) groups excluding carboxylic acids is 1. The van der Waals surface area contributed by atoms with Crippen LogP contribution in [-0.2, 0) is 14.2 Å². The van der Waals surface area contributed by atoms with Crippen LogP contribution in [0.25, 0.3) is 0 Å². The third kappa shape index (κ3) is 1.99. The molecule has 77 valence electrons. The maximum Gasteiger partial charge on any atom is 0.313 e. The van der Waals surface area contributed by atoms with Crippen LogP contribution in [-0.4, -0.2) is 26.8 Å². The monoisotopic (exact) mass is 196 g/mol. The molecule has 2 atom stereocenters. The summed E-state index contributed by atoms with van der Waals surface area (Å²) in [4.78, 5) is 11.6. The lowest BCUT2D eigenvalue weighted by Crippen LogP contribution is -2.25. The molecule has 0 aromatic rings. The standard InChI is InChI=1S/C9H15BNO3/c1-3-7-5-9(7,10-14-6-11)8(12)13-4-2/h3,7H,1,4-6,11H2,2H3/t7?,9-/m1/s1. The second-order valence-electron chi connectivity index (χ2n) is 3.26. The molecule has 5 heteroatoms.